The number of aromatic nitrogens is 2. The Morgan fingerprint density at radius 1 is 1.50 bits per heavy atom. The van der Waals surface area contributed by atoms with Crippen LogP contribution in [0.25, 0.3) is 0 Å². The maximum absolute atomic E-state index is 12.9. The summed E-state index contributed by atoms with van der Waals surface area (Å²) in [4.78, 5) is 15.0. The molecule has 6 heteroatoms. The summed E-state index contributed by atoms with van der Waals surface area (Å²) in [6.45, 7) is 5.81. The summed E-state index contributed by atoms with van der Waals surface area (Å²) in [5.41, 5.74) is 1.88. The highest BCUT2D eigenvalue weighted by Gasteiger charge is 2.44. The molecule has 2 saturated heterocycles. The van der Waals surface area contributed by atoms with Crippen molar-refractivity contribution in [2.24, 2.45) is 5.41 Å². The highest BCUT2D eigenvalue weighted by Crippen LogP contribution is 2.33. The fraction of sp³-hybridized carbons (Fsp3) is 0.750. The van der Waals surface area contributed by atoms with E-state index in [0.29, 0.717) is 12.5 Å². The zero-order chi connectivity index (χ0) is 15.6. The topological polar surface area (TPSA) is 70.2 Å². The van der Waals surface area contributed by atoms with Crippen molar-refractivity contribution in [2.75, 3.05) is 39.9 Å². The van der Waals surface area contributed by atoms with E-state index in [1.54, 1.807) is 7.11 Å². The van der Waals surface area contributed by atoms with Gasteiger partial charge in [0.2, 0.25) is 5.91 Å². The van der Waals surface area contributed by atoms with E-state index in [2.05, 4.69) is 21.6 Å². The average Bonchev–Trinajstić information content (AvgIpc) is 3.17. The number of likely N-dealkylation sites (tertiary alicyclic amines) is 1. The Labute approximate surface area is 131 Å². The second-order valence-electron chi connectivity index (χ2n) is 6.68. The molecule has 122 valence electrons. The lowest BCUT2D eigenvalue weighted by Crippen LogP contribution is -2.50. The van der Waals surface area contributed by atoms with Crippen LogP contribution in [-0.4, -0.2) is 60.9 Å². The number of methoxy groups -OCH3 is 1. The Hall–Kier alpha value is -1.40. The highest BCUT2D eigenvalue weighted by molar-refractivity contribution is 5.83. The first-order chi connectivity index (χ1) is 10.6. The summed E-state index contributed by atoms with van der Waals surface area (Å²) < 4.78 is 5.33. The summed E-state index contributed by atoms with van der Waals surface area (Å²) in [6, 6.07) is 2.12. The lowest BCUT2D eigenvalue weighted by molar-refractivity contribution is -0.145. The lowest BCUT2D eigenvalue weighted by Gasteiger charge is -2.37. The van der Waals surface area contributed by atoms with Gasteiger partial charge in [-0.25, -0.2) is 0 Å². The van der Waals surface area contributed by atoms with Crippen LogP contribution in [0.2, 0.25) is 0 Å². The van der Waals surface area contributed by atoms with Crippen molar-refractivity contribution in [3.05, 3.63) is 17.5 Å². The normalized spacial score (nSPS) is 26.5. The van der Waals surface area contributed by atoms with E-state index < -0.39 is 0 Å². The maximum atomic E-state index is 12.9. The van der Waals surface area contributed by atoms with Gasteiger partial charge in [0.15, 0.2) is 0 Å². The Balaban J connectivity index is 1.62. The van der Waals surface area contributed by atoms with Crippen LogP contribution in [0.3, 0.4) is 0 Å². The van der Waals surface area contributed by atoms with Gasteiger partial charge in [0.1, 0.15) is 0 Å². The van der Waals surface area contributed by atoms with Gasteiger partial charge in [-0.1, -0.05) is 0 Å². The molecule has 2 fully saturated rings. The Morgan fingerprint density at radius 3 is 2.82 bits per heavy atom. The van der Waals surface area contributed by atoms with Crippen LogP contribution in [0.1, 0.15) is 36.6 Å². The SMILES string of the molecule is COCC1(C(=O)N2CCC(c3cc(C)[nH]n3)CC2)CCNC1. The van der Waals surface area contributed by atoms with E-state index in [9.17, 15) is 4.79 Å². The molecule has 0 aromatic carbocycles. The van der Waals surface area contributed by atoms with Crippen molar-refractivity contribution in [2.45, 2.75) is 32.1 Å². The largest absolute Gasteiger partial charge is 0.384 e. The lowest BCUT2D eigenvalue weighted by atomic mass is 9.84. The molecular formula is C16H26N4O2. The smallest absolute Gasteiger partial charge is 0.232 e. The van der Waals surface area contributed by atoms with Gasteiger partial charge >= 0.3 is 0 Å². The molecule has 0 spiro atoms. The highest BCUT2D eigenvalue weighted by atomic mass is 16.5. The minimum Gasteiger partial charge on any atom is -0.384 e. The number of hydrogen-bond donors (Lipinski definition) is 2. The molecule has 1 aromatic heterocycles. The number of piperidine rings is 1. The van der Waals surface area contributed by atoms with Crippen LogP contribution < -0.4 is 5.32 Å². The number of carbonyl (C=O) groups excluding carboxylic acids is 1. The summed E-state index contributed by atoms with van der Waals surface area (Å²) in [5, 5.41) is 10.7. The van der Waals surface area contributed by atoms with Crippen molar-refractivity contribution < 1.29 is 9.53 Å². The van der Waals surface area contributed by atoms with Crippen molar-refractivity contribution in [1.82, 2.24) is 20.4 Å². The molecule has 0 aliphatic carbocycles. The van der Waals surface area contributed by atoms with E-state index in [1.165, 1.54) is 0 Å². The number of aromatic amines is 1. The van der Waals surface area contributed by atoms with Crippen LogP contribution in [0.5, 0.6) is 0 Å². The molecule has 1 atom stereocenters. The fourth-order valence-electron chi connectivity index (χ4n) is 3.75. The molecule has 22 heavy (non-hydrogen) atoms. The molecule has 1 unspecified atom stereocenters. The molecule has 1 aromatic rings. The molecule has 3 heterocycles. The van der Waals surface area contributed by atoms with Gasteiger partial charge in [0, 0.05) is 38.4 Å². The second kappa shape index (κ2) is 6.38. The third-order valence-electron chi connectivity index (χ3n) is 5.04. The predicted octanol–water partition coefficient (Wildman–Crippen LogP) is 1.05. The first-order valence-electron chi connectivity index (χ1n) is 8.15. The molecule has 3 rings (SSSR count). The zero-order valence-corrected chi connectivity index (χ0v) is 13.5. The van der Waals surface area contributed by atoms with Crippen molar-refractivity contribution in [3.63, 3.8) is 0 Å². The number of amides is 1. The predicted molar refractivity (Wildman–Crippen MR) is 83.7 cm³/mol. The Bertz CT molecular complexity index is 514. The summed E-state index contributed by atoms with van der Waals surface area (Å²) in [6.07, 6.45) is 2.86. The van der Waals surface area contributed by atoms with Gasteiger partial charge in [0.25, 0.3) is 0 Å². The first kappa shape index (κ1) is 15.5. The number of rotatable bonds is 4. The van der Waals surface area contributed by atoms with E-state index >= 15 is 0 Å². The number of ether oxygens (including phenoxy) is 1. The third-order valence-corrected chi connectivity index (χ3v) is 5.04. The Morgan fingerprint density at radius 2 is 2.27 bits per heavy atom. The minimum atomic E-state index is -0.357. The van der Waals surface area contributed by atoms with E-state index in [1.807, 2.05) is 11.8 Å². The van der Waals surface area contributed by atoms with Crippen LogP contribution >= 0.6 is 0 Å². The molecule has 0 bridgehead atoms. The quantitative estimate of drug-likeness (QED) is 0.872. The van der Waals surface area contributed by atoms with Gasteiger partial charge in [-0.2, -0.15) is 5.10 Å². The van der Waals surface area contributed by atoms with Gasteiger partial charge in [-0.05, 0) is 38.8 Å². The van der Waals surface area contributed by atoms with Crippen LogP contribution in [0.15, 0.2) is 6.07 Å². The number of hydrogen-bond acceptors (Lipinski definition) is 4. The third kappa shape index (κ3) is 2.90. The molecule has 2 aliphatic heterocycles. The van der Waals surface area contributed by atoms with Crippen LogP contribution in [0.4, 0.5) is 0 Å². The van der Waals surface area contributed by atoms with Crippen molar-refractivity contribution in [1.29, 1.82) is 0 Å². The van der Waals surface area contributed by atoms with Gasteiger partial charge < -0.3 is 15.0 Å². The minimum absolute atomic E-state index is 0.260. The Kier molecular flexibility index (Phi) is 4.49. The van der Waals surface area contributed by atoms with Crippen LogP contribution in [0, 0.1) is 12.3 Å². The molecule has 2 N–H and O–H groups in total. The number of nitrogens with one attached hydrogen (secondary N) is 2. The monoisotopic (exact) mass is 306 g/mol. The second-order valence-corrected chi connectivity index (χ2v) is 6.68. The van der Waals surface area contributed by atoms with E-state index in [4.69, 9.17) is 4.74 Å². The number of H-pyrrole nitrogens is 1. The molecule has 1 amide bonds. The van der Waals surface area contributed by atoms with Crippen LogP contribution in [-0.2, 0) is 9.53 Å². The zero-order valence-electron chi connectivity index (χ0n) is 13.5. The summed E-state index contributed by atoms with van der Waals surface area (Å²) in [7, 11) is 1.68. The first-order valence-corrected chi connectivity index (χ1v) is 8.15. The summed E-state index contributed by atoms with van der Waals surface area (Å²) >= 11 is 0. The molecular weight excluding hydrogens is 280 g/mol. The fourth-order valence-corrected chi connectivity index (χ4v) is 3.75. The van der Waals surface area contributed by atoms with Gasteiger partial charge in [0.05, 0.1) is 17.7 Å². The number of aryl methyl sites for hydroxylation is 1. The van der Waals surface area contributed by atoms with Crippen molar-refractivity contribution in [3.8, 4) is 0 Å². The van der Waals surface area contributed by atoms with E-state index in [-0.39, 0.29) is 11.3 Å². The summed E-state index contributed by atoms with van der Waals surface area (Å²) in [5.74, 6) is 0.727. The number of nitrogens with zero attached hydrogens (tertiary/aromatic N) is 2. The molecule has 2 aliphatic rings. The van der Waals surface area contributed by atoms with E-state index in [0.717, 1.165) is 56.8 Å². The maximum Gasteiger partial charge on any atom is 0.232 e. The number of carbonyl (C=O) groups is 1. The van der Waals surface area contributed by atoms with Gasteiger partial charge in [-0.15, -0.1) is 0 Å². The van der Waals surface area contributed by atoms with Crippen molar-refractivity contribution >= 4 is 5.91 Å². The standard InChI is InChI=1S/C16H26N4O2/c1-12-9-14(19-18-12)13-3-7-20(8-4-13)15(21)16(11-22-2)5-6-17-10-16/h9,13,17H,3-8,10-11H2,1-2H3,(H,18,19). The molecule has 0 radical (unpaired) electrons. The molecule has 0 saturated carbocycles. The van der Waals surface area contributed by atoms with Gasteiger partial charge in [-0.3, -0.25) is 9.89 Å². The average molecular weight is 306 g/mol. The molecule has 6 nitrogen and oxygen atoms in total.